The molecule has 0 spiro atoms. The molecule has 0 aliphatic rings. The lowest BCUT2D eigenvalue weighted by molar-refractivity contribution is -0.138. The summed E-state index contributed by atoms with van der Waals surface area (Å²) in [4.78, 5) is 37.4. The Kier molecular flexibility index (Phi) is 5.78. The SMILES string of the molecule is O=C(NC[C@@H](C(=O)O)c1ccccc1)c1ccccc1C(=O)c1cccs1. The van der Waals surface area contributed by atoms with Crippen molar-refractivity contribution < 1.29 is 19.5 Å². The third-order valence-electron chi connectivity index (χ3n) is 4.13. The molecule has 0 aliphatic carbocycles. The van der Waals surface area contributed by atoms with Crippen LogP contribution in [0.15, 0.2) is 72.1 Å². The fourth-order valence-electron chi connectivity index (χ4n) is 2.74. The van der Waals surface area contributed by atoms with Crippen molar-refractivity contribution in [3.8, 4) is 0 Å². The monoisotopic (exact) mass is 379 g/mol. The predicted molar refractivity (Wildman–Crippen MR) is 103 cm³/mol. The molecule has 2 N–H and O–H groups in total. The van der Waals surface area contributed by atoms with Crippen molar-refractivity contribution >= 4 is 29.0 Å². The van der Waals surface area contributed by atoms with Gasteiger partial charge in [-0.2, -0.15) is 0 Å². The van der Waals surface area contributed by atoms with Crippen LogP contribution in [0.1, 0.15) is 37.1 Å². The second kappa shape index (κ2) is 8.42. The van der Waals surface area contributed by atoms with Crippen LogP contribution in [0.4, 0.5) is 0 Å². The van der Waals surface area contributed by atoms with E-state index >= 15 is 0 Å². The van der Waals surface area contributed by atoms with Crippen molar-refractivity contribution in [2.24, 2.45) is 0 Å². The molecule has 1 atom stereocenters. The van der Waals surface area contributed by atoms with E-state index in [2.05, 4.69) is 5.32 Å². The molecular weight excluding hydrogens is 362 g/mol. The minimum Gasteiger partial charge on any atom is -0.481 e. The molecule has 0 bridgehead atoms. The molecular formula is C21H17NO4S. The molecule has 0 aliphatic heterocycles. The molecule has 3 rings (SSSR count). The fraction of sp³-hybridized carbons (Fsp3) is 0.0952. The third kappa shape index (κ3) is 4.30. The summed E-state index contributed by atoms with van der Waals surface area (Å²) in [6.07, 6.45) is 0. The van der Waals surface area contributed by atoms with Gasteiger partial charge in [-0.3, -0.25) is 14.4 Å². The van der Waals surface area contributed by atoms with E-state index in [1.165, 1.54) is 11.3 Å². The number of carbonyl (C=O) groups excluding carboxylic acids is 2. The standard InChI is InChI=1S/C21H17NO4S/c23-19(18-11-6-12-27-18)15-9-4-5-10-16(15)20(24)22-13-17(21(25)26)14-7-2-1-3-8-14/h1-12,17H,13H2,(H,22,24)(H,25,26)/t17-/m1/s1. The van der Waals surface area contributed by atoms with E-state index in [1.54, 1.807) is 72.1 Å². The molecule has 0 radical (unpaired) electrons. The number of nitrogens with one attached hydrogen (secondary N) is 1. The van der Waals surface area contributed by atoms with Crippen LogP contribution in [-0.2, 0) is 4.79 Å². The molecule has 1 aromatic heterocycles. The van der Waals surface area contributed by atoms with Gasteiger partial charge in [-0.25, -0.2) is 0 Å². The Balaban J connectivity index is 1.79. The number of rotatable bonds is 7. The van der Waals surface area contributed by atoms with Gasteiger partial charge in [-0.1, -0.05) is 54.6 Å². The minimum absolute atomic E-state index is 0.0697. The molecule has 3 aromatic rings. The van der Waals surface area contributed by atoms with Crippen molar-refractivity contribution in [3.63, 3.8) is 0 Å². The first-order valence-electron chi connectivity index (χ1n) is 8.31. The summed E-state index contributed by atoms with van der Waals surface area (Å²) in [7, 11) is 0. The van der Waals surface area contributed by atoms with Gasteiger partial charge in [0.15, 0.2) is 0 Å². The van der Waals surface area contributed by atoms with Crippen molar-refractivity contribution in [2.45, 2.75) is 5.92 Å². The van der Waals surface area contributed by atoms with Crippen LogP contribution in [0.3, 0.4) is 0 Å². The van der Waals surface area contributed by atoms with Crippen LogP contribution < -0.4 is 5.32 Å². The van der Waals surface area contributed by atoms with E-state index < -0.39 is 17.8 Å². The molecule has 5 nitrogen and oxygen atoms in total. The van der Waals surface area contributed by atoms with Gasteiger partial charge in [0.1, 0.15) is 0 Å². The van der Waals surface area contributed by atoms with Crippen molar-refractivity contribution in [2.75, 3.05) is 6.54 Å². The first kappa shape index (κ1) is 18.5. The quantitative estimate of drug-likeness (QED) is 0.615. The third-order valence-corrected chi connectivity index (χ3v) is 5.00. The number of carboxylic acid groups (broad SMARTS) is 1. The average molecular weight is 379 g/mol. The number of aliphatic carboxylic acids is 1. The van der Waals surface area contributed by atoms with Crippen LogP contribution in [0.5, 0.6) is 0 Å². The number of carbonyl (C=O) groups is 3. The fourth-order valence-corrected chi connectivity index (χ4v) is 3.42. The normalized spacial score (nSPS) is 11.6. The number of carboxylic acids is 1. The van der Waals surface area contributed by atoms with Gasteiger partial charge in [-0.05, 0) is 23.1 Å². The van der Waals surface area contributed by atoms with Gasteiger partial charge in [0.2, 0.25) is 5.78 Å². The van der Waals surface area contributed by atoms with Crippen LogP contribution >= 0.6 is 11.3 Å². The van der Waals surface area contributed by atoms with E-state index in [1.807, 2.05) is 0 Å². The molecule has 2 aromatic carbocycles. The van der Waals surface area contributed by atoms with Crippen LogP contribution in [-0.4, -0.2) is 29.3 Å². The summed E-state index contributed by atoms with van der Waals surface area (Å²) in [5, 5.41) is 13.9. The van der Waals surface area contributed by atoms with E-state index in [0.717, 1.165) is 0 Å². The molecule has 0 unspecified atom stereocenters. The van der Waals surface area contributed by atoms with Crippen LogP contribution in [0, 0.1) is 0 Å². The molecule has 6 heteroatoms. The highest BCUT2D eigenvalue weighted by Gasteiger charge is 2.23. The number of thiophene rings is 1. The molecule has 136 valence electrons. The summed E-state index contributed by atoms with van der Waals surface area (Å²) in [6.45, 7) is -0.0697. The first-order valence-corrected chi connectivity index (χ1v) is 9.19. The Morgan fingerprint density at radius 3 is 2.19 bits per heavy atom. The molecule has 0 saturated heterocycles. The number of amides is 1. The summed E-state index contributed by atoms with van der Waals surface area (Å²) >= 11 is 1.31. The van der Waals surface area contributed by atoms with Gasteiger partial charge in [0.25, 0.3) is 5.91 Å². The number of hydrogen-bond acceptors (Lipinski definition) is 4. The summed E-state index contributed by atoms with van der Waals surface area (Å²) in [5.41, 5.74) is 1.13. The van der Waals surface area contributed by atoms with Crippen molar-refractivity contribution in [1.29, 1.82) is 0 Å². The molecule has 0 fully saturated rings. The maximum Gasteiger partial charge on any atom is 0.312 e. The van der Waals surface area contributed by atoms with Crippen LogP contribution in [0.2, 0.25) is 0 Å². The Morgan fingerprint density at radius 1 is 0.889 bits per heavy atom. The minimum atomic E-state index is -1.02. The highest BCUT2D eigenvalue weighted by atomic mass is 32.1. The second-order valence-corrected chi connectivity index (χ2v) is 6.81. The highest BCUT2D eigenvalue weighted by molar-refractivity contribution is 7.12. The number of ketones is 1. The lowest BCUT2D eigenvalue weighted by Gasteiger charge is -2.15. The van der Waals surface area contributed by atoms with E-state index in [-0.39, 0.29) is 17.9 Å². The molecule has 1 heterocycles. The van der Waals surface area contributed by atoms with Gasteiger partial charge in [0, 0.05) is 12.1 Å². The Bertz CT molecular complexity index is 951. The Hall–Kier alpha value is -3.25. The lowest BCUT2D eigenvalue weighted by atomic mass is 9.98. The van der Waals surface area contributed by atoms with Crippen molar-refractivity contribution in [1.82, 2.24) is 5.32 Å². The van der Waals surface area contributed by atoms with E-state index in [9.17, 15) is 19.5 Å². The topological polar surface area (TPSA) is 83.5 Å². The van der Waals surface area contributed by atoms with Gasteiger partial charge < -0.3 is 10.4 Å². The van der Waals surface area contributed by atoms with Gasteiger partial charge in [0.05, 0.1) is 16.4 Å². The maximum absolute atomic E-state index is 12.6. The van der Waals surface area contributed by atoms with E-state index in [0.29, 0.717) is 16.0 Å². The summed E-state index contributed by atoms with van der Waals surface area (Å²) in [5.74, 6) is -2.59. The molecule has 0 saturated carbocycles. The van der Waals surface area contributed by atoms with Crippen molar-refractivity contribution in [3.05, 3.63) is 93.7 Å². The summed E-state index contributed by atoms with van der Waals surface area (Å²) < 4.78 is 0. The number of benzene rings is 2. The zero-order valence-electron chi connectivity index (χ0n) is 14.3. The second-order valence-electron chi connectivity index (χ2n) is 5.86. The lowest BCUT2D eigenvalue weighted by Crippen LogP contribution is -2.32. The smallest absolute Gasteiger partial charge is 0.312 e. The Labute approximate surface area is 160 Å². The van der Waals surface area contributed by atoms with Gasteiger partial charge in [-0.15, -0.1) is 11.3 Å². The average Bonchev–Trinajstić information content (AvgIpc) is 3.23. The van der Waals surface area contributed by atoms with E-state index in [4.69, 9.17) is 0 Å². The largest absolute Gasteiger partial charge is 0.481 e. The Morgan fingerprint density at radius 2 is 1.56 bits per heavy atom. The maximum atomic E-state index is 12.6. The highest BCUT2D eigenvalue weighted by Crippen LogP contribution is 2.19. The summed E-state index contributed by atoms with van der Waals surface area (Å²) in [6, 6.07) is 18.7. The molecule has 1 amide bonds. The van der Waals surface area contributed by atoms with Crippen LogP contribution in [0.25, 0.3) is 0 Å². The first-order chi connectivity index (χ1) is 13.1. The predicted octanol–water partition coefficient (Wildman–Crippen LogP) is 3.58. The van der Waals surface area contributed by atoms with Gasteiger partial charge >= 0.3 is 5.97 Å². The number of hydrogen-bond donors (Lipinski definition) is 2. The zero-order chi connectivity index (χ0) is 19.2. The molecule has 27 heavy (non-hydrogen) atoms. The zero-order valence-corrected chi connectivity index (χ0v) is 15.1.